The summed E-state index contributed by atoms with van der Waals surface area (Å²) in [7, 11) is 0. The number of hydrogen-bond donors (Lipinski definition) is 2. The lowest BCUT2D eigenvalue weighted by Crippen LogP contribution is -2.26. The van der Waals surface area contributed by atoms with Crippen LogP contribution >= 0.6 is 11.6 Å². The Labute approximate surface area is 208 Å². The van der Waals surface area contributed by atoms with Crippen LogP contribution in [0.3, 0.4) is 0 Å². The van der Waals surface area contributed by atoms with Crippen LogP contribution in [0.4, 0.5) is 27.6 Å². The van der Waals surface area contributed by atoms with Crippen molar-refractivity contribution in [3.8, 4) is 28.7 Å². The molecule has 1 aromatic heterocycles. The van der Waals surface area contributed by atoms with Crippen LogP contribution < -0.4 is 30.0 Å². The van der Waals surface area contributed by atoms with E-state index in [0.29, 0.717) is 0 Å². The van der Waals surface area contributed by atoms with Gasteiger partial charge in [0.15, 0.2) is 11.5 Å². The summed E-state index contributed by atoms with van der Waals surface area (Å²) in [5.41, 5.74) is 4.66. The number of alkyl halides is 5. The summed E-state index contributed by atoms with van der Waals surface area (Å²) in [5, 5.41) is 2.10. The van der Waals surface area contributed by atoms with Crippen molar-refractivity contribution in [2.75, 3.05) is 5.32 Å². The van der Waals surface area contributed by atoms with Gasteiger partial charge in [0.25, 0.3) is 11.8 Å². The van der Waals surface area contributed by atoms with E-state index in [9.17, 15) is 31.5 Å². The van der Waals surface area contributed by atoms with Gasteiger partial charge in [-0.15, -0.1) is 22.0 Å². The first-order valence-electron chi connectivity index (χ1n) is 9.96. The summed E-state index contributed by atoms with van der Waals surface area (Å²) in [6.45, 7) is 1.27. The Hall–Kier alpha value is -4.33. The van der Waals surface area contributed by atoms with Crippen LogP contribution in [-0.4, -0.2) is 29.5 Å². The lowest BCUT2D eigenvalue weighted by molar-refractivity contribution is -0.287. The molecule has 2 heterocycles. The first-order valence-corrected chi connectivity index (χ1v) is 10.3. The Morgan fingerprint density at radius 2 is 1.84 bits per heavy atom. The van der Waals surface area contributed by atoms with Crippen molar-refractivity contribution in [1.29, 1.82) is 0 Å². The first-order chi connectivity index (χ1) is 17.2. The maximum absolute atomic E-state index is 13.8. The lowest BCUT2D eigenvalue weighted by Gasteiger charge is -2.16. The van der Waals surface area contributed by atoms with Crippen molar-refractivity contribution < 1.29 is 50.5 Å². The molecular weight excluding hydrogens is 533 g/mol. The maximum Gasteiger partial charge on any atom is 0.586 e. The molecule has 4 rings (SSSR count). The van der Waals surface area contributed by atoms with Crippen molar-refractivity contribution in [2.45, 2.75) is 19.6 Å². The first kappa shape index (κ1) is 25.8. The average molecular weight is 546 g/mol. The van der Waals surface area contributed by atoms with Crippen molar-refractivity contribution in [2.24, 2.45) is 5.73 Å². The highest BCUT2D eigenvalue weighted by Crippen LogP contribution is 2.49. The summed E-state index contributed by atoms with van der Waals surface area (Å²) in [6.07, 6.45) is -7.81. The SMILES string of the molecule is Cc1c2c(cc(Oc3ccc(OC(F)(F)F)cc3Cl)c1C(=O)Nc1ccnc(C(N)=O)c1)OC(F)(F)O2. The number of carbonyl (C=O) groups is 2. The van der Waals surface area contributed by atoms with Crippen LogP contribution in [0.25, 0.3) is 0 Å². The van der Waals surface area contributed by atoms with Crippen LogP contribution in [0.2, 0.25) is 5.02 Å². The summed E-state index contributed by atoms with van der Waals surface area (Å²) < 4.78 is 83.3. The number of benzene rings is 2. The molecule has 0 spiro atoms. The number of hydrogen-bond acceptors (Lipinski definition) is 7. The van der Waals surface area contributed by atoms with Crippen molar-refractivity contribution in [1.82, 2.24) is 4.98 Å². The molecule has 37 heavy (non-hydrogen) atoms. The van der Waals surface area contributed by atoms with E-state index in [0.717, 1.165) is 24.3 Å². The Balaban J connectivity index is 1.73. The molecule has 0 saturated heterocycles. The van der Waals surface area contributed by atoms with Crippen LogP contribution in [0, 0.1) is 6.92 Å². The smallest absolute Gasteiger partial charge is 0.455 e. The fourth-order valence-corrected chi connectivity index (χ4v) is 3.50. The van der Waals surface area contributed by atoms with Gasteiger partial charge in [0.05, 0.1) is 10.6 Å². The van der Waals surface area contributed by atoms with Gasteiger partial charge in [-0.2, -0.15) is 0 Å². The molecule has 0 fully saturated rings. The highest BCUT2D eigenvalue weighted by atomic mass is 35.5. The Kier molecular flexibility index (Phi) is 6.46. The number of ether oxygens (including phenoxy) is 4. The third kappa shape index (κ3) is 5.74. The number of pyridine rings is 1. The van der Waals surface area contributed by atoms with Gasteiger partial charge in [-0.1, -0.05) is 11.6 Å². The molecule has 2 aromatic carbocycles. The van der Waals surface area contributed by atoms with E-state index < -0.39 is 41.7 Å². The molecule has 1 aliphatic rings. The molecule has 0 saturated carbocycles. The van der Waals surface area contributed by atoms with Gasteiger partial charge in [0.2, 0.25) is 0 Å². The summed E-state index contributed by atoms with van der Waals surface area (Å²) in [5.74, 6) is -3.93. The Morgan fingerprint density at radius 1 is 1.11 bits per heavy atom. The van der Waals surface area contributed by atoms with Crippen LogP contribution in [0.5, 0.6) is 28.7 Å². The highest BCUT2D eigenvalue weighted by molar-refractivity contribution is 6.32. The zero-order chi connectivity index (χ0) is 27.1. The van der Waals surface area contributed by atoms with Crippen LogP contribution in [0.15, 0.2) is 42.6 Å². The van der Waals surface area contributed by atoms with E-state index in [1.807, 2.05) is 0 Å². The summed E-state index contributed by atoms with van der Waals surface area (Å²) in [6, 6.07) is 6.15. The fourth-order valence-electron chi connectivity index (χ4n) is 3.29. The van der Waals surface area contributed by atoms with E-state index in [2.05, 4.69) is 24.5 Å². The second-order valence-corrected chi connectivity index (χ2v) is 7.77. The molecule has 0 atom stereocenters. The van der Waals surface area contributed by atoms with Gasteiger partial charge < -0.3 is 30.0 Å². The predicted octanol–water partition coefficient (Wildman–Crippen LogP) is 5.41. The van der Waals surface area contributed by atoms with E-state index in [-0.39, 0.29) is 39.0 Å². The van der Waals surface area contributed by atoms with E-state index >= 15 is 0 Å². The van der Waals surface area contributed by atoms with E-state index in [1.165, 1.54) is 25.3 Å². The lowest BCUT2D eigenvalue weighted by atomic mass is 10.0. The fraction of sp³-hybridized carbons (Fsp3) is 0.136. The number of primary amides is 1. The molecule has 1 aliphatic heterocycles. The van der Waals surface area contributed by atoms with Crippen molar-refractivity contribution >= 4 is 29.1 Å². The molecule has 0 bridgehead atoms. The quantitative estimate of drug-likeness (QED) is 0.397. The highest BCUT2D eigenvalue weighted by Gasteiger charge is 2.46. The third-order valence-electron chi connectivity index (χ3n) is 4.75. The van der Waals surface area contributed by atoms with Crippen molar-refractivity contribution in [3.05, 3.63) is 64.4 Å². The van der Waals surface area contributed by atoms with E-state index in [4.69, 9.17) is 22.1 Å². The van der Waals surface area contributed by atoms with Gasteiger partial charge in [0, 0.05) is 29.6 Å². The normalized spacial score (nSPS) is 13.7. The number of halogens is 6. The number of fused-ring (bicyclic) bond motifs is 1. The van der Waals surface area contributed by atoms with Gasteiger partial charge >= 0.3 is 12.7 Å². The minimum atomic E-state index is -4.97. The molecule has 0 radical (unpaired) electrons. The van der Waals surface area contributed by atoms with Crippen LogP contribution in [0.1, 0.15) is 26.4 Å². The summed E-state index contributed by atoms with van der Waals surface area (Å²) >= 11 is 6.02. The minimum Gasteiger partial charge on any atom is -0.455 e. The summed E-state index contributed by atoms with van der Waals surface area (Å²) in [4.78, 5) is 28.3. The number of nitrogens with one attached hydrogen (secondary N) is 1. The molecular formula is C22H13ClF5N3O6. The van der Waals surface area contributed by atoms with E-state index in [1.54, 1.807) is 0 Å². The topological polar surface area (TPSA) is 122 Å². The second kappa shape index (κ2) is 9.28. The number of amides is 2. The number of anilines is 1. The predicted molar refractivity (Wildman–Crippen MR) is 116 cm³/mol. The number of carbonyl (C=O) groups excluding carboxylic acids is 2. The maximum atomic E-state index is 13.8. The molecule has 0 aliphatic carbocycles. The van der Waals surface area contributed by atoms with Gasteiger partial charge in [-0.3, -0.25) is 14.6 Å². The van der Waals surface area contributed by atoms with Crippen LogP contribution in [-0.2, 0) is 0 Å². The monoisotopic (exact) mass is 545 g/mol. The van der Waals surface area contributed by atoms with Gasteiger partial charge in [-0.05, 0) is 31.2 Å². The number of nitrogens with two attached hydrogens (primary N) is 1. The molecule has 194 valence electrons. The standard InChI is InChI=1S/C22H13ClF5N3O6/c1-9-17(20(33)31-10-4-5-30-13(6-10)19(29)32)15(8-16-18(9)37-22(27,28)36-16)34-14-3-2-11(7-12(14)23)35-21(24,25)26/h2-8H,1H3,(H2,29,32)(H,30,31,33). The third-order valence-corrected chi connectivity index (χ3v) is 5.05. The minimum absolute atomic E-state index is 0.0776. The van der Waals surface area contributed by atoms with Gasteiger partial charge in [-0.25, -0.2) is 0 Å². The average Bonchev–Trinajstić information content (AvgIpc) is 3.09. The Morgan fingerprint density at radius 3 is 2.49 bits per heavy atom. The van der Waals surface area contributed by atoms with Crippen molar-refractivity contribution in [3.63, 3.8) is 0 Å². The zero-order valence-corrected chi connectivity index (χ0v) is 19.0. The Bertz CT molecular complexity index is 1420. The number of aromatic nitrogens is 1. The molecule has 3 aromatic rings. The molecule has 3 N–H and O–H groups in total. The zero-order valence-electron chi connectivity index (χ0n) is 18.3. The molecule has 0 unspecified atom stereocenters. The largest absolute Gasteiger partial charge is 0.586 e. The van der Waals surface area contributed by atoms with Gasteiger partial charge in [0.1, 0.15) is 22.9 Å². The second-order valence-electron chi connectivity index (χ2n) is 7.36. The number of rotatable bonds is 6. The molecule has 9 nitrogen and oxygen atoms in total. The molecule has 15 heteroatoms. The number of nitrogens with zero attached hydrogens (tertiary/aromatic N) is 1. The molecule has 2 amide bonds.